The molecule has 0 saturated heterocycles. The monoisotopic (exact) mass is 477 g/mol. The lowest BCUT2D eigenvalue weighted by Gasteiger charge is -2.37. The number of anilines is 1. The molecule has 4 aromatic rings. The van der Waals surface area contributed by atoms with Crippen LogP contribution in [0.1, 0.15) is 11.6 Å². The Morgan fingerprint density at radius 2 is 1.85 bits per heavy atom. The molecule has 1 aliphatic rings. The highest BCUT2D eigenvalue weighted by Gasteiger charge is 2.32. The number of hydrogen-bond acceptors (Lipinski definition) is 6. The van der Waals surface area contributed by atoms with Crippen LogP contribution in [0.25, 0.3) is 11.4 Å². The second kappa shape index (κ2) is 9.29. The quantitative estimate of drug-likeness (QED) is 0.330. The largest absolute Gasteiger partial charge is 0.335 e. The van der Waals surface area contributed by atoms with Crippen LogP contribution in [0.4, 0.5) is 10.1 Å². The lowest BCUT2D eigenvalue weighted by Crippen LogP contribution is -2.39. The molecule has 1 aromatic heterocycles. The number of carbonyl (C=O) groups is 1. The average Bonchev–Trinajstić information content (AvgIpc) is 3.22. The van der Waals surface area contributed by atoms with E-state index in [0.717, 1.165) is 21.9 Å². The molecule has 1 aliphatic heterocycles. The number of halogens is 1. The van der Waals surface area contributed by atoms with Crippen LogP contribution in [0, 0.1) is 5.82 Å². The molecule has 0 saturated carbocycles. The first-order valence-corrected chi connectivity index (χ1v) is 12.3. The second-order valence-electron chi connectivity index (χ2n) is 7.44. The molecule has 6 nitrogen and oxygen atoms in total. The van der Waals surface area contributed by atoms with Gasteiger partial charge >= 0.3 is 0 Å². The van der Waals surface area contributed by atoms with E-state index in [9.17, 15) is 9.18 Å². The van der Waals surface area contributed by atoms with Gasteiger partial charge in [0.15, 0.2) is 5.82 Å². The van der Waals surface area contributed by atoms with Crippen LogP contribution in [-0.2, 0) is 4.79 Å². The van der Waals surface area contributed by atoms with Gasteiger partial charge in [-0.05, 0) is 29.8 Å². The fourth-order valence-corrected chi connectivity index (χ4v) is 5.70. The van der Waals surface area contributed by atoms with E-state index < -0.39 is 0 Å². The van der Waals surface area contributed by atoms with Gasteiger partial charge in [-0.1, -0.05) is 66.4 Å². The Morgan fingerprint density at radius 3 is 2.67 bits per heavy atom. The number of nitrogens with zero attached hydrogens (tertiary/aromatic N) is 4. The normalized spacial score (nSPS) is 15.3. The number of fused-ring (bicyclic) bond motifs is 1. The summed E-state index contributed by atoms with van der Waals surface area (Å²) in [4.78, 5) is 16.5. The average molecular weight is 478 g/mol. The van der Waals surface area contributed by atoms with Crippen molar-refractivity contribution in [3.63, 3.8) is 0 Å². The van der Waals surface area contributed by atoms with Crippen LogP contribution in [-0.4, -0.2) is 32.3 Å². The van der Waals surface area contributed by atoms with Crippen LogP contribution >= 0.6 is 23.5 Å². The fourth-order valence-electron chi connectivity index (χ4n) is 3.81. The Balaban J connectivity index is 1.39. The van der Waals surface area contributed by atoms with Crippen LogP contribution in [0.5, 0.6) is 0 Å². The molecule has 0 spiro atoms. The number of carbonyl (C=O) groups excluding carboxylic acids is 1. The second-order valence-corrected chi connectivity index (χ2v) is 9.45. The van der Waals surface area contributed by atoms with Crippen molar-refractivity contribution in [1.82, 2.24) is 14.9 Å². The summed E-state index contributed by atoms with van der Waals surface area (Å²) in [7, 11) is 0. The number of amides is 1. The predicted molar refractivity (Wildman–Crippen MR) is 130 cm³/mol. The topological polar surface area (TPSA) is 77.0 Å². The van der Waals surface area contributed by atoms with Gasteiger partial charge in [-0.3, -0.25) is 4.79 Å². The first-order chi connectivity index (χ1) is 16.1. The van der Waals surface area contributed by atoms with Crippen molar-refractivity contribution in [2.45, 2.75) is 16.1 Å². The van der Waals surface area contributed by atoms with E-state index in [0.29, 0.717) is 16.5 Å². The van der Waals surface area contributed by atoms with Crippen LogP contribution in [0.15, 0.2) is 88.9 Å². The van der Waals surface area contributed by atoms with Gasteiger partial charge in [0, 0.05) is 16.2 Å². The van der Waals surface area contributed by atoms with Gasteiger partial charge in [0.1, 0.15) is 5.82 Å². The molecule has 3 aromatic carbocycles. The number of para-hydroxylation sites is 1. The molecule has 5 rings (SSSR count). The molecule has 1 unspecified atom stereocenters. The van der Waals surface area contributed by atoms with Crippen molar-refractivity contribution >= 4 is 35.1 Å². The van der Waals surface area contributed by atoms with E-state index >= 15 is 0 Å². The van der Waals surface area contributed by atoms with Crippen LogP contribution < -0.4 is 10.7 Å². The third kappa shape index (κ3) is 4.34. The Labute approximate surface area is 199 Å². The smallest absolute Gasteiger partial charge is 0.238 e. The Hall–Kier alpha value is -3.30. The van der Waals surface area contributed by atoms with Crippen LogP contribution in [0.3, 0.4) is 0 Å². The summed E-state index contributed by atoms with van der Waals surface area (Å²) >= 11 is 2.97. The van der Waals surface area contributed by atoms with E-state index in [1.807, 2.05) is 59.5 Å². The highest BCUT2D eigenvalue weighted by atomic mass is 32.2. The molecule has 0 fully saturated rings. The highest BCUT2D eigenvalue weighted by Crippen LogP contribution is 2.43. The van der Waals surface area contributed by atoms with Crippen molar-refractivity contribution < 1.29 is 9.18 Å². The third-order valence-corrected chi connectivity index (χ3v) is 7.42. The molecular formula is C24H20FN5OS2. The zero-order chi connectivity index (χ0) is 22.8. The van der Waals surface area contributed by atoms with Gasteiger partial charge in [-0.15, -0.1) is 22.0 Å². The lowest BCUT2D eigenvalue weighted by atomic mass is 10.1. The minimum Gasteiger partial charge on any atom is -0.335 e. The van der Waals surface area contributed by atoms with E-state index in [1.165, 1.54) is 28.6 Å². The molecular weight excluding hydrogens is 457 g/mol. The number of nitrogens with two attached hydrogens (primary N) is 1. The van der Waals surface area contributed by atoms with Crippen LogP contribution in [0.2, 0.25) is 0 Å². The Kier molecular flexibility index (Phi) is 6.06. The molecule has 2 heterocycles. The zero-order valence-electron chi connectivity index (χ0n) is 17.5. The van der Waals surface area contributed by atoms with Gasteiger partial charge in [-0.2, -0.15) is 0 Å². The first-order valence-electron chi connectivity index (χ1n) is 10.3. The Bertz CT molecular complexity index is 1300. The minimum atomic E-state index is -0.381. The maximum atomic E-state index is 13.6. The summed E-state index contributed by atoms with van der Waals surface area (Å²) in [6, 6.07) is 23.9. The van der Waals surface area contributed by atoms with E-state index in [4.69, 9.17) is 5.84 Å². The maximum Gasteiger partial charge on any atom is 0.238 e. The van der Waals surface area contributed by atoms with Crippen molar-refractivity contribution in [1.29, 1.82) is 0 Å². The molecule has 166 valence electrons. The summed E-state index contributed by atoms with van der Waals surface area (Å²) in [6.45, 7) is 0. The predicted octanol–water partition coefficient (Wildman–Crippen LogP) is 4.77. The number of aromatic nitrogens is 3. The number of hydrogen-bond donors (Lipinski definition) is 1. The van der Waals surface area contributed by atoms with Gasteiger partial charge in [0.25, 0.3) is 0 Å². The molecule has 0 aliphatic carbocycles. The molecule has 9 heteroatoms. The molecule has 1 amide bonds. The van der Waals surface area contributed by atoms with Gasteiger partial charge in [0.2, 0.25) is 11.1 Å². The van der Waals surface area contributed by atoms with E-state index in [-0.39, 0.29) is 23.5 Å². The van der Waals surface area contributed by atoms with Crippen molar-refractivity contribution in [2.75, 3.05) is 22.2 Å². The summed E-state index contributed by atoms with van der Waals surface area (Å²) in [5.74, 6) is 6.99. The van der Waals surface area contributed by atoms with Crippen molar-refractivity contribution in [2.24, 2.45) is 0 Å². The molecule has 0 bridgehead atoms. The van der Waals surface area contributed by atoms with E-state index in [1.54, 1.807) is 23.9 Å². The SMILES string of the molecule is Nn1c(SCC(=O)N2c3ccccc3SCC2c2ccccc2)nnc1-c1cccc(F)c1. The summed E-state index contributed by atoms with van der Waals surface area (Å²) in [5, 5.41) is 8.59. The first kappa shape index (κ1) is 21.5. The number of rotatable bonds is 5. The summed E-state index contributed by atoms with van der Waals surface area (Å²) in [6.07, 6.45) is 0. The molecule has 1 atom stereocenters. The summed E-state index contributed by atoms with van der Waals surface area (Å²) in [5.41, 5.74) is 2.52. The number of thioether (sulfide) groups is 2. The summed E-state index contributed by atoms with van der Waals surface area (Å²) < 4.78 is 14.9. The molecule has 0 radical (unpaired) electrons. The third-order valence-electron chi connectivity index (χ3n) is 5.36. The lowest BCUT2D eigenvalue weighted by molar-refractivity contribution is -0.116. The number of benzene rings is 3. The van der Waals surface area contributed by atoms with Gasteiger partial charge in [0.05, 0.1) is 17.5 Å². The van der Waals surface area contributed by atoms with E-state index in [2.05, 4.69) is 10.2 Å². The Morgan fingerprint density at radius 1 is 1.06 bits per heavy atom. The highest BCUT2D eigenvalue weighted by molar-refractivity contribution is 8.00. The standard InChI is InChI=1S/C24H20FN5OS2/c25-18-10-6-9-17(13-18)23-27-28-24(30(23)26)33-15-22(31)29-19-11-4-5-12-21(19)32-14-20(29)16-7-2-1-3-8-16/h1-13,20H,14-15,26H2. The fraction of sp³-hybridized carbons (Fsp3) is 0.125. The number of nitrogen functional groups attached to an aromatic ring is 1. The minimum absolute atomic E-state index is 0.0445. The zero-order valence-corrected chi connectivity index (χ0v) is 19.1. The van der Waals surface area contributed by atoms with Crippen molar-refractivity contribution in [3.05, 3.63) is 90.2 Å². The molecule has 2 N–H and O–H groups in total. The van der Waals surface area contributed by atoms with Crippen molar-refractivity contribution in [3.8, 4) is 11.4 Å². The van der Waals surface area contributed by atoms with Gasteiger partial charge < -0.3 is 10.7 Å². The maximum absolute atomic E-state index is 13.6. The van der Waals surface area contributed by atoms with Gasteiger partial charge in [-0.25, -0.2) is 9.07 Å². The molecule has 33 heavy (non-hydrogen) atoms.